The molecule has 1 saturated heterocycles. The summed E-state index contributed by atoms with van der Waals surface area (Å²) in [6.07, 6.45) is 1.14. The zero-order valence-electron chi connectivity index (χ0n) is 16.3. The van der Waals surface area contributed by atoms with Crippen molar-refractivity contribution in [3.8, 4) is 17.9 Å². The number of rotatable bonds is 3. The average Bonchev–Trinajstić information content (AvgIpc) is 3.01. The maximum atomic E-state index is 12.6. The Labute approximate surface area is 169 Å². The normalized spacial score (nSPS) is 15.0. The number of allylic oxidation sites excluding steroid dienone is 3. The van der Waals surface area contributed by atoms with Crippen molar-refractivity contribution in [3.63, 3.8) is 0 Å². The van der Waals surface area contributed by atoms with Crippen LogP contribution in [0.15, 0.2) is 52.4 Å². The summed E-state index contributed by atoms with van der Waals surface area (Å²) in [4.78, 5) is 14.8. The van der Waals surface area contributed by atoms with Crippen molar-refractivity contribution < 1.29 is 14.3 Å². The summed E-state index contributed by atoms with van der Waals surface area (Å²) in [5.74, 6) is 0.658. The van der Waals surface area contributed by atoms with Gasteiger partial charge < -0.3 is 9.47 Å². The van der Waals surface area contributed by atoms with E-state index in [0.717, 1.165) is 4.91 Å². The molecule has 0 aliphatic carbocycles. The Morgan fingerprint density at radius 1 is 1.25 bits per heavy atom. The topological polar surface area (TPSA) is 86.4 Å². The molecule has 0 N–H and O–H groups in total. The fourth-order valence-electron chi connectivity index (χ4n) is 2.41. The molecule has 0 spiro atoms. The molecule has 6 nitrogen and oxygen atoms in total. The molecule has 0 aromatic heterocycles. The van der Waals surface area contributed by atoms with Gasteiger partial charge in [-0.25, -0.2) is 4.79 Å². The number of amides is 1. The lowest BCUT2D eigenvalue weighted by atomic mass is 10.0. The highest BCUT2D eigenvalue weighted by Crippen LogP contribution is 2.39. The van der Waals surface area contributed by atoms with E-state index in [9.17, 15) is 15.3 Å². The molecule has 28 heavy (non-hydrogen) atoms. The predicted octanol–water partition coefficient (Wildman–Crippen LogP) is 4.83. The highest BCUT2D eigenvalue weighted by molar-refractivity contribution is 8.07. The quantitative estimate of drug-likeness (QED) is 0.681. The SMILES string of the molecule is C=C1CN(C(=O)OC(C)(C)C)/C(=C/C(=C(C#N)C#N)c2ccc(OC)cc2)S1. The molecule has 7 heteroatoms. The van der Waals surface area contributed by atoms with E-state index in [1.165, 1.54) is 16.7 Å². The molecule has 2 rings (SSSR count). The highest BCUT2D eigenvalue weighted by Gasteiger charge is 2.31. The van der Waals surface area contributed by atoms with E-state index >= 15 is 0 Å². The number of methoxy groups -OCH3 is 1. The van der Waals surface area contributed by atoms with Crippen molar-refractivity contribution in [2.45, 2.75) is 26.4 Å². The molecule has 0 atom stereocenters. The minimum absolute atomic E-state index is 0.0556. The van der Waals surface area contributed by atoms with Gasteiger partial charge in [-0.1, -0.05) is 30.5 Å². The second kappa shape index (κ2) is 8.69. The Balaban J connectivity index is 2.51. The van der Waals surface area contributed by atoms with Gasteiger partial charge in [0.25, 0.3) is 0 Å². The van der Waals surface area contributed by atoms with Crippen molar-refractivity contribution in [2.75, 3.05) is 13.7 Å². The standard InChI is InChI=1S/C21H21N3O3S/c1-14-13-24(20(25)27-21(2,3)4)19(28-14)10-18(16(11-22)12-23)15-6-8-17(26-5)9-7-15/h6-10H,1,13H2,2-5H3/b19-10-. The van der Waals surface area contributed by atoms with Gasteiger partial charge in [-0.3, -0.25) is 4.90 Å². The Hall–Kier alpha value is -3.16. The highest BCUT2D eigenvalue weighted by atomic mass is 32.2. The third kappa shape index (κ3) is 5.18. The van der Waals surface area contributed by atoms with Gasteiger partial charge >= 0.3 is 6.09 Å². The number of hydrogen-bond donors (Lipinski definition) is 0. The lowest BCUT2D eigenvalue weighted by Crippen LogP contribution is -2.34. The van der Waals surface area contributed by atoms with E-state index in [1.807, 2.05) is 12.1 Å². The molecule has 0 saturated carbocycles. The minimum atomic E-state index is -0.643. The van der Waals surface area contributed by atoms with Crippen LogP contribution in [0, 0.1) is 22.7 Å². The first kappa shape index (κ1) is 21.1. The second-order valence-corrected chi connectivity index (χ2v) is 8.13. The van der Waals surface area contributed by atoms with E-state index in [-0.39, 0.29) is 5.57 Å². The van der Waals surface area contributed by atoms with Gasteiger partial charge in [-0.2, -0.15) is 10.5 Å². The lowest BCUT2D eigenvalue weighted by molar-refractivity contribution is 0.0350. The maximum absolute atomic E-state index is 12.6. The number of ether oxygens (including phenoxy) is 2. The molecule has 0 radical (unpaired) electrons. The molecule has 1 aliphatic heterocycles. The fraction of sp³-hybridized carbons (Fsp3) is 0.286. The van der Waals surface area contributed by atoms with Crippen LogP contribution in [0.4, 0.5) is 4.79 Å². The Morgan fingerprint density at radius 3 is 2.36 bits per heavy atom. The molecule has 1 aliphatic rings. The first-order valence-electron chi connectivity index (χ1n) is 8.45. The summed E-state index contributed by atoms with van der Waals surface area (Å²) in [6, 6.07) is 10.8. The molecule has 0 unspecified atom stereocenters. The van der Waals surface area contributed by atoms with Crippen LogP contribution in [0.2, 0.25) is 0 Å². The van der Waals surface area contributed by atoms with Crippen LogP contribution < -0.4 is 4.74 Å². The number of carbonyl (C=O) groups excluding carboxylic acids is 1. The second-order valence-electron chi connectivity index (χ2n) is 6.93. The summed E-state index contributed by atoms with van der Waals surface area (Å²) < 4.78 is 10.6. The van der Waals surface area contributed by atoms with Crippen LogP contribution >= 0.6 is 11.8 Å². The molecule has 1 fully saturated rings. The van der Waals surface area contributed by atoms with Gasteiger partial charge in [0, 0.05) is 10.5 Å². The Morgan fingerprint density at radius 2 is 1.86 bits per heavy atom. The summed E-state index contributed by atoms with van der Waals surface area (Å²) >= 11 is 1.31. The number of hydrogen-bond acceptors (Lipinski definition) is 6. The summed E-state index contributed by atoms with van der Waals surface area (Å²) in [7, 11) is 1.56. The molecule has 0 bridgehead atoms. The van der Waals surface area contributed by atoms with Gasteiger partial charge in [0.2, 0.25) is 0 Å². The molecular weight excluding hydrogens is 374 g/mol. The molecule has 144 valence electrons. The first-order valence-corrected chi connectivity index (χ1v) is 9.27. The fourth-order valence-corrected chi connectivity index (χ4v) is 3.32. The van der Waals surface area contributed by atoms with Crippen LogP contribution in [-0.2, 0) is 4.74 Å². The summed E-state index contributed by atoms with van der Waals surface area (Å²) in [5, 5.41) is 19.3. The van der Waals surface area contributed by atoms with E-state index in [1.54, 1.807) is 58.2 Å². The number of nitrogens with zero attached hydrogens (tertiary/aromatic N) is 3. The van der Waals surface area contributed by atoms with E-state index < -0.39 is 11.7 Å². The van der Waals surface area contributed by atoms with E-state index in [0.29, 0.717) is 28.5 Å². The zero-order chi connectivity index (χ0) is 20.9. The maximum Gasteiger partial charge on any atom is 0.415 e. The number of carbonyl (C=O) groups is 1. The van der Waals surface area contributed by atoms with Crippen LogP contribution in [0.1, 0.15) is 26.3 Å². The van der Waals surface area contributed by atoms with Crippen molar-refractivity contribution in [1.82, 2.24) is 4.90 Å². The summed E-state index contributed by atoms with van der Waals surface area (Å²) in [5.41, 5.74) is 0.377. The van der Waals surface area contributed by atoms with Crippen LogP contribution in [0.3, 0.4) is 0 Å². The van der Waals surface area contributed by atoms with Crippen molar-refractivity contribution in [3.05, 3.63) is 58.0 Å². The van der Waals surface area contributed by atoms with E-state index in [2.05, 4.69) is 6.58 Å². The smallest absolute Gasteiger partial charge is 0.415 e. The van der Waals surface area contributed by atoms with Gasteiger partial charge in [-0.15, -0.1) is 0 Å². The first-order chi connectivity index (χ1) is 13.2. The number of nitriles is 2. The molecule has 1 heterocycles. The minimum Gasteiger partial charge on any atom is -0.497 e. The zero-order valence-corrected chi connectivity index (χ0v) is 17.1. The Bertz CT molecular complexity index is 910. The molecule has 1 aromatic rings. The van der Waals surface area contributed by atoms with Crippen LogP contribution in [0.5, 0.6) is 5.75 Å². The summed E-state index contributed by atoms with van der Waals surface area (Å²) in [6.45, 7) is 9.60. The van der Waals surface area contributed by atoms with Crippen molar-refractivity contribution in [1.29, 1.82) is 10.5 Å². The lowest BCUT2D eigenvalue weighted by Gasteiger charge is -2.24. The van der Waals surface area contributed by atoms with E-state index in [4.69, 9.17) is 9.47 Å². The molecular formula is C21H21N3O3S. The third-order valence-electron chi connectivity index (χ3n) is 3.63. The van der Waals surface area contributed by atoms with Crippen LogP contribution in [0.25, 0.3) is 5.57 Å². The van der Waals surface area contributed by atoms with Crippen LogP contribution in [-0.4, -0.2) is 30.2 Å². The van der Waals surface area contributed by atoms with Gasteiger partial charge in [0.1, 0.15) is 29.1 Å². The molecule has 1 aromatic carbocycles. The van der Waals surface area contributed by atoms with Crippen molar-refractivity contribution in [2.24, 2.45) is 0 Å². The largest absolute Gasteiger partial charge is 0.497 e. The van der Waals surface area contributed by atoms with Gasteiger partial charge in [0.05, 0.1) is 18.7 Å². The number of benzene rings is 1. The number of thioether (sulfide) groups is 1. The predicted molar refractivity (Wildman–Crippen MR) is 109 cm³/mol. The van der Waals surface area contributed by atoms with Gasteiger partial charge in [-0.05, 0) is 44.5 Å². The van der Waals surface area contributed by atoms with Gasteiger partial charge in [0.15, 0.2) is 0 Å². The monoisotopic (exact) mass is 395 g/mol. The average molecular weight is 395 g/mol. The van der Waals surface area contributed by atoms with Crippen molar-refractivity contribution >= 4 is 23.4 Å². The molecule has 1 amide bonds. The Kier molecular flexibility index (Phi) is 6.56. The third-order valence-corrected chi connectivity index (χ3v) is 4.59.